The number of benzene rings is 1. The second-order valence-electron chi connectivity index (χ2n) is 4.46. The van der Waals surface area contributed by atoms with Crippen molar-refractivity contribution >= 4 is 17.3 Å². The number of hydrogen-bond donors (Lipinski definition) is 1. The van der Waals surface area contributed by atoms with E-state index in [1.165, 1.54) is 6.07 Å². The van der Waals surface area contributed by atoms with Crippen LogP contribution in [0.25, 0.3) is 0 Å². The Morgan fingerprint density at radius 3 is 2.94 bits per heavy atom. The van der Waals surface area contributed by atoms with Crippen molar-refractivity contribution in [3.05, 3.63) is 24.0 Å². The van der Waals surface area contributed by atoms with Crippen molar-refractivity contribution < 1.29 is 9.18 Å². The average molecular weight is 222 g/mol. The van der Waals surface area contributed by atoms with Gasteiger partial charge in [0.15, 0.2) is 0 Å². The predicted octanol–water partition coefficient (Wildman–Crippen LogP) is 2.24. The summed E-state index contributed by atoms with van der Waals surface area (Å²) in [6.45, 7) is 5.20. The second-order valence-corrected chi connectivity index (χ2v) is 4.46. The summed E-state index contributed by atoms with van der Waals surface area (Å²) in [7, 11) is 0. The maximum Gasteiger partial charge on any atom is 0.244 e. The molecule has 0 saturated heterocycles. The van der Waals surface area contributed by atoms with Crippen LogP contribution in [0.4, 0.5) is 15.8 Å². The molecular weight excluding hydrogens is 207 g/mol. The zero-order valence-corrected chi connectivity index (χ0v) is 9.46. The third-order valence-corrected chi connectivity index (χ3v) is 2.52. The van der Waals surface area contributed by atoms with E-state index in [0.29, 0.717) is 18.2 Å². The highest BCUT2D eigenvalue weighted by molar-refractivity contribution is 6.01. The molecule has 0 atom stereocenters. The van der Waals surface area contributed by atoms with Gasteiger partial charge in [-0.3, -0.25) is 4.79 Å². The number of para-hydroxylation sites is 1. The molecule has 1 amide bonds. The van der Waals surface area contributed by atoms with Crippen LogP contribution < -0.4 is 10.2 Å². The summed E-state index contributed by atoms with van der Waals surface area (Å²) in [5.74, 6) is -0.0976. The van der Waals surface area contributed by atoms with E-state index in [2.05, 4.69) is 19.2 Å². The molecule has 0 radical (unpaired) electrons. The van der Waals surface area contributed by atoms with Gasteiger partial charge in [-0.15, -0.1) is 0 Å². The molecule has 0 aliphatic carbocycles. The molecule has 86 valence electrons. The van der Waals surface area contributed by atoms with Crippen LogP contribution in [-0.4, -0.2) is 19.0 Å². The molecule has 3 nitrogen and oxygen atoms in total. The van der Waals surface area contributed by atoms with Gasteiger partial charge in [-0.2, -0.15) is 0 Å². The minimum absolute atomic E-state index is 0.154. The predicted molar refractivity (Wildman–Crippen MR) is 62.1 cm³/mol. The van der Waals surface area contributed by atoms with Crippen molar-refractivity contribution in [2.24, 2.45) is 5.92 Å². The molecule has 0 aromatic heterocycles. The first-order chi connectivity index (χ1) is 7.58. The molecule has 1 aromatic carbocycles. The molecule has 1 aliphatic heterocycles. The number of amides is 1. The second kappa shape index (κ2) is 4.12. The molecule has 0 bridgehead atoms. The summed E-state index contributed by atoms with van der Waals surface area (Å²) < 4.78 is 13.5. The first-order valence-corrected chi connectivity index (χ1v) is 5.41. The van der Waals surface area contributed by atoms with Crippen molar-refractivity contribution in [1.29, 1.82) is 0 Å². The number of carbonyl (C=O) groups excluding carboxylic acids is 1. The number of nitrogens with one attached hydrogen (secondary N) is 1. The first-order valence-electron chi connectivity index (χ1n) is 5.41. The Kier molecular flexibility index (Phi) is 2.81. The Bertz CT molecular complexity index is 417. The normalized spacial score (nSPS) is 15.0. The molecule has 1 aromatic rings. The maximum atomic E-state index is 13.5. The third kappa shape index (κ3) is 2.01. The number of fused-ring (bicyclic) bond motifs is 1. The standard InChI is InChI=1S/C12H15FN2O/c1-8(2)6-15-7-11(16)14-12-9(13)4-3-5-10(12)15/h3-5,8H,6-7H2,1-2H3,(H,14,16). The Balaban J connectivity index is 2.38. The number of anilines is 2. The minimum atomic E-state index is -0.376. The fourth-order valence-corrected chi connectivity index (χ4v) is 1.94. The zero-order valence-electron chi connectivity index (χ0n) is 9.46. The molecule has 0 saturated carbocycles. The van der Waals surface area contributed by atoms with E-state index in [1.807, 2.05) is 11.0 Å². The summed E-state index contributed by atoms with van der Waals surface area (Å²) >= 11 is 0. The molecule has 1 aliphatic rings. The molecule has 1 heterocycles. The van der Waals surface area contributed by atoms with E-state index in [0.717, 1.165) is 12.2 Å². The number of nitrogens with zero attached hydrogens (tertiary/aromatic N) is 1. The molecule has 4 heteroatoms. The highest BCUT2D eigenvalue weighted by Gasteiger charge is 2.24. The largest absolute Gasteiger partial charge is 0.360 e. The Hall–Kier alpha value is -1.58. The summed E-state index contributed by atoms with van der Waals surface area (Å²) in [5.41, 5.74) is 1.08. The van der Waals surface area contributed by atoms with E-state index in [-0.39, 0.29) is 11.7 Å². The summed E-state index contributed by atoms with van der Waals surface area (Å²) in [4.78, 5) is 13.4. The number of halogens is 1. The van der Waals surface area contributed by atoms with Gasteiger partial charge in [-0.25, -0.2) is 4.39 Å². The molecule has 0 spiro atoms. The van der Waals surface area contributed by atoms with Crippen LogP contribution in [-0.2, 0) is 4.79 Å². The lowest BCUT2D eigenvalue weighted by Crippen LogP contribution is -2.40. The van der Waals surface area contributed by atoms with Gasteiger partial charge in [0.25, 0.3) is 0 Å². The molecular formula is C12H15FN2O. The highest BCUT2D eigenvalue weighted by atomic mass is 19.1. The van der Waals surface area contributed by atoms with E-state index in [9.17, 15) is 9.18 Å². The van der Waals surface area contributed by atoms with Crippen molar-refractivity contribution in [2.75, 3.05) is 23.3 Å². The lowest BCUT2D eigenvalue weighted by atomic mass is 10.1. The molecule has 0 unspecified atom stereocenters. The van der Waals surface area contributed by atoms with Crippen molar-refractivity contribution in [3.63, 3.8) is 0 Å². The quantitative estimate of drug-likeness (QED) is 0.832. The van der Waals surface area contributed by atoms with E-state index >= 15 is 0 Å². The first kappa shape index (κ1) is 10.9. The summed E-state index contributed by atoms with van der Waals surface area (Å²) in [6, 6.07) is 4.86. The maximum absolute atomic E-state index is 13.5. The van der Waals surface area contributed by atoms with Gasteiger partial charge in [0.1, 0.15) is 11.5 Å². The molecule has 2 rings (SSSR count). The number of carbonyl (C=O) groups is 1. The Labute approximate surface area is 94.3 Å². The van der Waals surface area contributed by atoms with Gasteiger partial charge in [-0.1, -0.05) is 19.9 Å². The van der Waals surface area contributed by atoms with Crippen LogP contribution in [0.3, 0.4) is 0 Å². The topological polar surface area (TPSA) is 32.3 Å². The lowest BCUT2D eigenvalue weighted by Gasteiger charge is -2.32. The molecule has 0 fully saturated rings. The van der Waals surface area contributed by atoms with Gasteiger partial charge in [0.05, 0.1) is 12.2 Å². The van der Waals surface area contributed by atoms with Crippen LogP contribution in [0.2, 0.25) is 0 Å². The average Bonchev–Trinajstić information content (AvgIpc) is 2.18. The van der Waals surface area contributed by atoms with E-state index in [1.54, 1.807) is 6.07 Å². The van der Waals surface area contributed by atoms with Crippen molar-refractivity contribution in [3.8, 4) is 0 Å². The van der Waals surface area contributed by atoms with Gasteiger partial charge >= 0.3 is 0 Å². The molecule has 1 N–H and O–H groups in total. The highest BCUT2D eigenvalue weighted by Crippen LogP contribution is 2.31. The fourth-order valence-electron chi connectivity index (χ4n) is 1.94. The Morgan fingerprint density at radius 2 is 2.25 bits per heavy atom. The lowest BCUT2D eigenvalue weighted by molar-refractivity contribution is -0.115. The monoisotopic (exact) mass is 222 g/mol. The van der Waals surface area contributed by atoms with Crippen molar-refractivity contribution in [1.82, 2.24) is 0 Å². The zero-order chi connectivity index (χ0) is 11.7. The van der Waals surface area contributed by atoms with Crippen LogP contribution in [0.5, 0.6) is 0 Å². The van der Waals surface area contributed by atoms with Gasteiger partial charge in [0, 0.05) is 6.54 Å². The minimum Gasteiger partial charge on any atom is -0.360 e. The van der Waals surface area contributed by atoms with Crippen LogP contribution in [0, 0.1) is 11.7 Å². The van der Waals surface area contributed by atoms with Crippen molar-refractivity contribution in [2.45, 2.75) is 13.8 Å². The smallest absolute Gasteiger partial charge is 0.244 e. The Morgan fingerprint density at radius 1 is 1.50 bits per heavy atom. The van der Waals surface area contributed by atoms with Gasteiger partial charge in [-0.05, 0) is 18.1 Å². The van der Waals surface area contributed by atoms with Crippen LogP contribution >= 0.6 is 0 Å². The fraction of sp³-hybridized carbons (Fsp3) is 0.417. The van der Waals surface area contributed by atoms with Crippen LogP contribution in [0.15, 0.2) is 18.2 Å². The van der Waals surface area contributed by atoms with E-state index in [4.69, 9.17) is 0 Å². The number of hydrogen-bond acceptors (Lipinski definition) is 2. The van der Waals surface area contributed by atoms with Crippen LogP contribution in [0.1, 0.15) is 13.8 Å². The molecule has 16 heavy (non-hydrogen) atoms. The van der Waals surface area contributed by atoms with E-state index < -0.39 is 0 Å². The SMILES string of the molecule is CC(C)CN1CC(=O)Nc2c(F)cccc21. The summed E-state index contributed by atoms with van der Waals surface area (Å²) in [6.07, 6.45) is 0. The van der Waals surface area contributed by atoms with Gasteiger partial charge in [0.2, 0.25) is 5.91 Å². The third-order valence-electron chi connectivity index (χ3n) is 2.52. The van der Waals surface area contributed by atoms with Gasteiger partial charge < -0.3 is 10.2 Å². The number of rotatable bonds is 2. The summed E-state index contributed by atoms with van der Waals surface area (Å²) in [5, 5.41) is 2.58.